The van der Waals surface area contributed by atoms with Gasteiger partial charge in [0.05, 0.1) is 0 Å². The number of benzene rings is 1. The Morgan fingerprint density at radius 1 is 1.31 bits per heavy atom. The fraction of sp³-hybridized carbons (Fsp3) is 0.500. The molecule has 0 aliphatic carbocycles. The average Bonchev–Trinajstić information content (AvgIpc) is 2.74. The van der Waals surface area contributed by atoms with Crippen LogP contribution < -0.4 is 14.8 Å². The topological polar surface area (TPSA) is 33.7 Å². The molecule has 0 bridgehead atoms. The third-order valence-electron chi connectivity index (χ3n) is 2.65. The van der Waals surface area contributed by atoms with Crippen molar-refractivity contribution in [1.82, 2.24) is 10.2 Å². The van der Waals surface area contributed by atoms with Gasteiger partial charge in [0.2, 0.25) is 6.79 Å². The van der Waals surface area contributed by atoms with Crippen LogP contribution in [0.25, 0.3) is 0 Å². The van der Waals surface area contributed by atoms with E-state index in [9.17, 15) is 0 Å². The van der Waals surface area contributed by atoms with Crippen LogP contribution >= 0.6 is 0 Å². The third-order valence-corrected chi connectivity index (χ3v) is 2.65. The highest BCUT2D eigenvalue weighted by Crippen LogP contribution is 2.32. The Labute approximate surface area is 96.2 Å². The van der Waals surface area contributed by atoms with Crippen LogP contribution in [0.3, 0.4) is 0 Å². The molecule has 1 aliphatic heterocycles. The second-order valence-electron chi connectivity index (χ2n) is 4.03. The Bertz CT molecular complexity index is 355. The first-order valence-corrected chi connectivity index (χ1v) is 5.51. The molecule has 0 radical (unpaired) electrons. The molecule has 0 fully saturated rings. The summed E-state index contributed by atoms with van der Waals surface area (Å²) in [4.78, 5) is 2.24. The van der Waals surface area contributed by atoms with Crippen LogP contribution in [0.1, 0.15) is 5.56 Å². The van der Waals surface area contributed by atoms with Gasteiger partial charge in [-0.2, -0.15) is 0 Å². The molecular formula is C12H18N2O2. The molecular weight excluding hydrogens is 204 g/mol. The van der Waals surface area contributed by atoms with Crippen molar-refractivity contribution in [1.29, 1.82) is 0 Å². The second kappa shape index (κ2) is 5.18. The van der Waals surface area contributed by atoms with E-state index in [2.05, 4.69) is 29.4 Å². The molecule has 0 saturated heterocycles. The minimum Gasteiger partial charge on any atom is -0.454 e. The number of nitrogens with zero attached hydrogens (tertiary/aromatic N) is 1. The van der Waals surface area contributed by atoms with E-state index in [0.717, 1.165) is 31.1 Å². The Morgan fingerprint density at radius 2 is 2.12 bits per heavy atom. The van der Waals surface area contributed by atoms with Gasteiger partial charge < -0.3 is 14.8 Å². The zero-order chi connectivity index (χ0) is 11.4. The average molecular weight is 222 g/mol. The first-order valence-electron chi connectivity index (χ1n) is 5.51. The standard InChI is InChI=1S/C12H18N2O2/c1-13-8-14(2)6-5-10-3-4-11-12(7-10)16-9-15-11/h3-4,7,13H,5-6,8-9H2,1-2H3. The summed E-state index contributed by atoms with van der Waals surface area (Å²) in [6.07, 6.45) is 1.02. The van der Waals surface area contributed by atoms with Gasteiger partial charge in [0.15, 0.2) is 11.5 Å². The van der Waals surface area contributed by atoms with Crippen molar-refractivity contribution in [3.63, 3.8) is 0 Å². The first-order chi connectivity index (χ1) is 7.79. The third kappa shape index (κ3) is 2.65. The molecule has 2 rings (SSSR count). The van der Waals surface area contributed by atoms with Crippen LogP contribution in [-0.2, 0) is 6.42 Å². The van der Waals surface area contributed by atoms with Gasteiger partial charge >= 0.3 is 0 Å². The number of hydrogen-bond acceptors (Lipinski definition) is 4. The van der Waals surface area contributed by atoms with Crippen LogP contribution in [0.5, 0.6) is 11.5 Å². The summed E-state index contributed by atoms with van der Waals surface area (Å²) in [5.74, 6) is 1.72. The molecule has 1 aromatic carbocycles. The Hall–Kier alpha value is -1.26. The molecule has 1 heterocycles. The maximum Gasteiger partial charge on any atom is 0.231 e. The van der Waals surface area contributed by atoms with Gasteiger partial charge in [-0.1, -0.05) is 6.07 Å². The minimum absolute atomic E-state index is 0.346. The molecule has 0 amide bonds. The number of likely N-dealkylation sites (N-methyl/N-ethyl adjacent to an activating group) is 1. The van der Waals surface area contributed by atoms with Gasteiger partial charge in [-0.3, -0.25) is 4.90 Å². The number of rotatable bonds is 5. The Kier molecular flexibility index (Phi) is 3.64. The van der Waals surface area contributed by atoms with Crippen molar-refractivity contribution >= 4 is 0 Å². The van der Waals surface area contributed by atoms with Crippen molar-refractivity contribution in [2.24, 2.45) is 0 Å². The van der Waals surface area contributed by atoms with Crippen molar-refractivity contribution in [2.75, 3.05) is 34.1 Å². The van der Waals surface area contributed by atoms with Crippen molar-refractivity contribution < 1.29 is 9.47 Å². The van der Waals surface area contributed by atoms with Gasteiger partial charge in [0, 0.05) is 13.2 Å². The summed E-state index contributed by atoms with van der Waals surface area (Å²) >= 11 is 0. The smallest absolute Gasteiger partial charge is 0.231 e. The molecule has 1 aliphatic rings. The maximum absolute atomic E-state index is 5.35. The lowest BCUT2D eigenvalue weighted by Gasteiger charge is -2.15. The zero-order valence-corrected chi connectivity index (χ0v) is 9.82. The minimum atomic E-state index is 0.346. The van der Waals surface area contributed by atoms with Crippen molar-refractivity contribution in [3.05, 3.63) is 23.8 Å². The number of hydrogen-bond donors (Lipinski definition) is 1. The lowest BCUT2D eigenvalue weighted by molar-refractivity contribution is 0.174. The van der Waals surface area contributed by atoms with E-state index in [4.69, 9.17) is 9.47 Å². The van der Waals surface area contributed by atoms with Crippen LogP contribution in [0.4, 0.5) is 0 Å². The van der Waals surface area contributed by atoms with Crippen molar-refractivity contribution in [2.45, 2.75) is 6.42 Å². The molecule has 1 N–H and O–H groups in total. The van der Waals surface area contributed by atoms with Gasteiger partial charge in [0.25, 0.3) is 0 Å². The predicted molar refractivity (Wildman–Crippen MR) is 62.8 cm³/mol. The molecule has 1 aromatic rings. The van der Waals surface area contributed by atoms with Gasteiger partial charge in [0.1, 0.15) is 0 Å². The molecule has 0 atom stereocenters. The summed E-state index contributed by atoms with van der Waals surface area (Å²) in [6, 6.07) is 6.14. The van der Waals surface area contributed by atoms with E-state index < -0.39 is 0 Å². The second-order valence-corrected chi connectivity index (χ2v) is 4.03. The van der Waals surface area contributed by atoms with Crippen LogP contribution in [-0.4, -0.2) is 39.0 Å². The van der Waals surface area contributed by atoms with E-state index in [1.54, 1.807) is 0 Å². The molecule has 0 aromatic heterocycles. The maximum atomic E-state index is 5.35. The first kappa shape index (κ1) is 11.2. The van der Waals surface area contributed by atoms with E-state index in [1.807, 2.05) is 13.1 Å². The van der Waals surface area contributed by atoms with Gasteiger partial charge in [-0.15, -0.1) is 0 Å². The lowest BCUT2D eigenvalue weighted by Crippen LogP contribution is -2.30. The fourth-order valence-corrected chi connectivity index (χ4v) is 1.77. The Morgan fingerprint density at radius 3 is 2.94 bits per heavy atom. The van der Waals surface area contributed by atoms with Gasteiger partial charge in [-0.25, -0.2) is 0 Å². The molecule has 16 heavy (non-hydrogen) atoms. The molecule has 88 valence electrons. The van der Waals surface area contributed by atoms with Crippen LogP contribution in [0.15, 0.2) is 18.2 Å². The number of nitrogens with one attached hydrogen (secondary N) is 1. The number of fused-ring (bicyclic) bond motifs is 1. The monoisotopic (exact) mass is 222 g/mol. The Balaban J connectivity index is 1.90. The number of ether oxygens (including phenoxy) is 2. The lowest BCUT2D eigenvalue weighted by atomic mass is 10.1. The van der Waals surface area contributed by atoms with Gasteiger partial charge in [-0.05, 0) is 38.2 Å². The SMILES string of the molecule is CNCN(C)CCc1ccc2c(c1)OCO2. The quantitative estimate of drug-likeness (QED) is 0.756. The highest BCUT2D eigenvalue weighted by atomic mass is 16.7. The van der Waals surface area contributed by atoms with E-state index in [1.165, 1.54) is 5.56 Å². The fourth-order valence-electron chi connectivity index (χ4n) is 1.77. The molecule has 0 spiro atoms. The normalized spacial score (nSPS) is 13.4. The van der Waals surface area contributed by atoms with Crippen LogP contribution in [0.2, 0.25) is 0 Å². The van der Waals surface area contributed by atoms with E-state index >= 15 is 0 Å². The summed E-state index contributed by atoms with van der Waals surface area (Å²) < 4.78 is 10.6. The molecule has 4 heteroatoms. The predicted octanol–water partition coefficient (Wildman–Crippen LogP) is 1.07. The zero-order valence-electron chi connectivity index (χ0n) is 9.82. The summed E-state index contributed by atoms with van der Waals surface area (Å²) in [7, 11) is 4.06. The highest BCUT2D eigenvalue weighted by molar-refractivity contribution is 5.44. The molecule has 0 saturated carbocycles. The van der Waals surface area contributed by atoms with E-state index in [0.29, 0.717) is 6.79 Å². The molecule has 0 unspecified atom stereocenters. The summed E-state index contributed by atoms with van der Waals surface area (Å²) in [5.41, 5.74) is 1.28. The summed E-state index contributed by atoms with van der Waals surface area (Å²) in [5, 5.41) is 3.13. The van der Waals surface area contributed by atoms with Crippen molar-refractivity contribution in [3.8, 4) is 11.5 Å². The summed E-state index contributed by atoms with van der Waals surface area (Å²) in [6.45, 7) is 2.28. The largest absolute Gasteiger partial charge is 0.454 e. The van der Waals surface area contributed by atoms with Crippen LogP contribution in [0, 0.1) is 0 Å². The molecule has 4 nitrogen and oxygen atoms in total. The van der Waals surface area contributed by atoms with E-state index in [-0.39, 0.29) is 0 Å². The highest BCUT2D eigenvalue weighted by Gasteiger charge is 2.12.